The van der Waals surface area contributed by atoms with Crippen molar-refractivity contribution in [3.63, 3.8) is 0 Å². The Labute approximate surface area is 171 Å². The van der Waals surface area contributed by atoms with E-state index in [4.69, 9.17) is 11.6 Å². The van der Waals surface area contributed by atoms with E-state index in [2.05, 4.69) is 9.98 Å². The molecule has 9 heteroatoms. The van der Waals surface area contributed by atoms with Crippen molar-refractivity contribution in [1.29, 1.82) is 0 Å². The third-order valence-electron chi connectivity index (χ3n) is 4.91. The highest BCUT2D eigenvalue weighted by atomic mass is 35.5. The van der Waals surface area contributed by atoms with Crippen LogP contribution in [0.1, 0.15) is 23.2 Å². The van der Waals surface area contributed by atoms with E-state index in [9.17, 15) is 14.4 Å². The molecule has 1 aliphatic carbocycles. The summed E-state index contributed by atoms with van der Waals surface area (Å²) < 4.78 is 1.39. The van der Waals surface area contributed by atoms with Gasteiger partial charge in [0, 0.05) is 16.5 Å². The lowest BCUT2D eigenvalue weighted by molar-refractivity contribution is -0.407. The van der Waals surface area contributed by atoms with Crippen LogP contribution in [0.4, 0.5) is 4.79 Å². The number of hydrogen-bond acceptors (Lipinski definition) is 6. The average molecular weight is 418 g/mol. The summed E-state index contributed by atoms with van der Waals surface area (Å²) in [5.74, 6) is 0.226. The van der Waals surface area contributed by atoms with Crippen molar-refractivity contribution in [2.75, 3.05) is 19.8 Å². The summed E-state index contributed by atoms with van der Waals surface area (Å²) in [6.45, 7) is 0. The van der Waals surface area contributed by atoms with Gasteiger partial charge in [0.15, 0.2) is 11.7 Å². The van der Waals surface area contributed by atoms with Crippen LogP contribution in [0, 0.1) is 11.8 Å². The molecule has 0 bridgehead atoms. The number of urea groups is 1. The maximum absolute atomic E-state index is 12.8. The van der Waals surface area contributed by atoms with Crippen molar-refractivity contribution >= 4 is 57.8 Å². The first kappa shape index (κ1) is 19.0. The smallest absolute Gasteiger partial charge is 0.293 e. The van der Waals surface area contributed by atoms with E-state index in [1.54, 1.807) is 31.3 Å². The van der Waals surface area contributed by atoms with Crippen molar-refractivity contribution in [3.8, 4) is 0 Å². The van der Waals surface area contributed by atoms with Crippen LogP contribution < -0.4 is 0 Å². The van der Waals surface area contributed by atoms with E-state index >= 15 is 0 Å². The lowest BCUT2D eigenvalue weighted by atomic mass is 10.0. The fourth-order valence-corrected chi connectivity index (χ4v) is 4.19. The van der Waals surface area contributed by atoms with E-state index in [-0.39, 0.29) is 23.4 Å². The van der Waals surface area contributed by atoms with Crippen molar-refractivity contribution in [1.82, 2.24) is 4.90 Å². The molecule has 1 saturated carbocycles. The molecule has 1 aromatic carbocycles. The molecule has 0 saturated heterocycles. The Morgan fingerprint density at radius 2 is 1.93 bits per heavy atom. The number of carbonyl (C=O) groups excluding carboxylic acids is 3. The molecule has 3 amide bonds. The molecule has 4 rings (SSSR count). The SMILES string of the molecule is CN1C(=O)C2C(SCC(=O)c3ccc(Cl)cc3)=NC(C3CC3)=NC2=[N+](C)C1=O. The molecule has 2 aliphatic heterocycles. The van der Waals surface area contributed by atoms with Gasteiger partial charge in [-0.2, -0.15) is 9.48 Å². The normalized spacial score (nSPS) is 22.1. The number of halogens is 1. The predicted octanol–water partition coefficient (Wildman–Crippen LogP) is 2.73. The number of carbonyl (C=O) groups is 3. The summed E-state index contributed by atoms with van der Waals surface area (Å²) in [5, 5.41) is 1.08. The number of Topliss-reactive ketones (excluding diaryl/α,β-unsaturated/α-hetero) is 1. The molecule has 144 valence electrons. The second kappa shape index (κ2) is 7.25. The zero-order valence-corrected chi connectivity index (χ0v) is 17.0. The molecule has 0 aromatic heterocycles. The minimum absolute atomic E-state index is 0.0811. The Kier molecular flexibility index (Phi) is 4.93. The highest BCUT2D eigenvalue weighted by molar-refractivity contribution is 8.14. The van der Waals surface area contributed by atoms with E-state index in [0.717, 1.165) is 17.7 Å². The monoisotopic (exact) mass is 417 g/mol. The van der Waals surface area contributed by atoms with Gasteiger partial charge in [-0.15, -0.1) is 11.8 Å². The number of rotatable bonds is 4. The number of amides is 3. The molecule has 2 heterocycles. The van der Waals surface area contributed by atoms with Gasteiger partial charge in [-0.1, -0.05) is 16.6 Å². The molecule has 0 spiro atoms. The zero-order chi connectivity index (χ0) is 20.0. The number of thioether (sulfide) groups is 1. The second-order valence-corrected chi connectivity index (χ2v) is 8.38. The molecular formula is C19H18ClN4O3S+. The molecule has 1 aromatic rings. The van der Waals surface area contributed by atoms with E-state index in [1.165, 1.54) is 23.4 Å². The Balaban J connectivity index is 1.62. The molecule has 0 radical (unpaired) electrons. The highest BCUT2D eigenvalue weighted by Crippen LogP contribution is 2.35. The minimum Gasteiger partial charge on any atom is -0.293 e. The van der Waals surface area contributed by atoms with Crippen LogP contribution in [0.3, 0.4) is 0 Å². The Morgan fingerprint density at radius 3 is 2.57 bits per heavy atom. The van der Waals surface area contributed by atoms with E-state index < -0.39 is 11.9 Å². The molecule has 1 atom stereocenters. The number of fused-ring (bicyclic) bond motifs is 1. The van der Waals surface area contributed by atoms with Gasteiger partial charge >= 0.3 is 11.9 Å². The minimum atomic E-state index is -0.752. The Bertz CT molecular complexity index is 979. The lowest BCUT2D eigenvalue weighted by Crippen LogP contribution is -2.54. The predicted molar refractivity (Wildman–Crippen MR) is 109 cm³/mol. The molecule has 7 nitrogen and oxygen atoms in total. The van der Waals surface area contributed by atoms with E-state index in [0.29, 0.717) is 27.3 Å². The van der Waals surface area contributed by atoms with Crippen LogP contribution in [0.2, 0.25) is 5.02 Å². The molecule has 1 unspecified atom stereocenters. The van der Waals surface area contributed by atoms with E-state index in [1.807, 2.05) is 0 Å². The fourth-order valence-electron chi connectivity index (χ4n) is 3.09. The van der Waals surface area contributed by atoms with Gasteiger partial charge in [0.05, 0.1) is 19.8 Å². The number of aliphatic imine (C=N–C) groups is 2. The van der Waals surface area contributed by atoms with Crippen molar-refractivity contribution < 1.29 is 19.0 Å². The molecule has 1 fully saturated rings. The molecule has 3 aliphatic rings. The zero-order valence-electron chi connectivity index (χ0n) is 15.4. The number of ketones is 1. The second-order valence-electron chi connectivity index (χ2n) is 6.94. The summed E-state index contributed by atoms with van der Waals surface area (Å²) >= 11 is 7.10. The van der Waals surface area contributed by atoms with Gasteiger partial charge < -0.3 is 0 Å². The lowest BCUT2D eigenvalue weighted by Gasteiger charge is -2.26. The quantitative estimate of drug-likeness (QED) is 0.557. The molecule has 28 heavy (non-hydrogen) atoms. The maximum Gasteiger partial charge on any atom is 0.445 e. The van der Waals surface area contributed by atoms with Crippen LogP contribution in [-0.4, -0.2) is 63.8 Å². The third-order valence-corrected chi connectivity index (χ3v) is 6.20. The largest absolute Gasteiger partial charge is 0.445 e. The van der Waals surface area contributed by atoms with Crippen molar-refractivity contribution in [3.05, 3.63) is 34.9 Å². The number of imide groups is 1. The van der Waals surface area contributed by atoms with Crippen LogP contribution in [0.5, 0.6) is 0 Å². The maximum atomic E-state index is 12.8. The van der Waals surface area contributed by atoms with Crippen molar-refractivity contribution in [2.24, 2.45) is 21.8 Å². The van der Waals surface area contributed by atoms with Gasteiger partial charge in [-0.25, -0.2) is 9.79 Å². The summed E-state index contributed by atoms with van der Waals surface area (Å²) in [6.07, 6.45) is 1.99. The average Bonchev–Trinajstić information content (AvgIpc) is 3.54. The van der Waals surface area contributed by atoms with Gasteiger partial charge in [0.25, 0.3) is 5.84 Å². The first-order valence-electron chi connectivity index (χ1n) is 8.87. The van der Waals surface area contributed by atoms with Crippen LogP contribution >= 0.6 is 23.4 Å². The number of hydrogen-bond donors (Lipinski definition) is 0. The number of nitrogens with zero attached hydrogens (tertiary/aromatic N) is 4. The fraction of sp³-hybridized carbons (Fsp3) is 0.368. The third kappa shape index (κ3) is 3.42. The topological polar surface area (TPSA) is 82.2 Å². The summed E-state index contributed by atoms with van der Waals surface area (Å²) in [7, 11) is 3.05. The number of amidine groups is 2. The Morgan fingerprint density at radius 1 is 1.25 bits per heavy atom. The highest BCUT2D eigenvalue weighted by Gasteiger charge is 2.50. The Hall–Kier alpha value is -2.32. The first-order valence-corrected chi connectivity index (χ1v) is 10.2. The van der Waals surface area contributed by atoms with Crippen molar-refractivity contribution in [2.45, 2.75) is 12.8 Å². The van der Waals surface area contributed by atoms with Gasteiger partial charge in [0.1, 0.15) is 5.04 Å². The van der Waals surface area contributed by atoms with Gasteiger partial charge in [-0.3, -0.25) is 9.59 Å². The van der Waals surface area contributed by atoms with Crippen LogP contribution in [-0.2, 0) is 4.79 Å². The van der Waals surface area contributed by atoms with Crippen LogP contribution in [0.15, 0.2) is 34.3 Å². The first-order chi connectivity index (χ1) is 13.4. The summed E-state index contributed by atoms with van der Waals surface area (Å²) in [6, 6.07) is 6.27. The van der Waals surface area contributed by atoms with Gasteiger partial charge in [-0.05, 0) is 37.1 Å². The summed E-state index contributed by atoms with van der Waals surface area (Å²) in [4.78, 5) is 47.8. The molecular weight excluding hydrogens is 400 g/mol. The van der Waals surface area contributed by atoms with Crippen LogP contribution in [0.25, 0.3) is 0 Å². The standard InChI is InChI=1S/C19H18ClN4O3S/c1-23-16-14(18(26)24(2)19(23)27)17(22-15(21-16)11-3-4-11)28-9-13(25)10-5-7-12(20)8-6-10/h5-8,11,14H,3-4,9H2,1-2H3/q+1. The molecule has 0 N–H and O–H groups in total. The number of benzene rings is 1. The summed E-state index contributed by atoms with van der Waals surface area (Å²) in [5.41, 5.74) is 0.549. The van der Waals surface area contributed by atoms with Gasteiger partial charge in [0.2, 0.25) is 5.84 Å².